The van der Waals surface area contributed by atoms with Gasteiger partial charge in [0.05, 0.1) is 24.6 Å². The lowest BCUT2D eigenvalue weighted by Crippen LogP contribution is -2.32. The van der Waals surface area contributed by atoms with Gasteiger partial charge < -0.3 is 9.64 Å². The van der Waals surface area contributed by atoms with Gasteiger partial charge in [-0.2, -0.15) is 0 Å². The lowest BCUT2D eigenvalue weighted by molar-refractivity contribution is 0.0983. The van der Waals surface area contributed by atoms with Crippen LogP contribution in [0, 0.1) is 5.82 Å². The number of nitrogens with zero attached hydrogens (tertiary/aromatic N) is 2. The Balaban J connectivity index is 2.05. The zero-order valence-corrected chi connectivity index (χ0v) is 12.4. The van der Waals surface area contributed by atoms with Crippen LogP contribution in [0.4, 0.5) is 10.1 Å². The normalized spacial score (nSPS) is 14.2. The number of halogens is 1. The number of pyridine rings is 1. The van der Waals surface area contributed by atoms with Crippen LogP contribution in [0.25, 0.3) is 0 Å². The molecule has 0 radical (unpaired) electrons. The van der Waals surface area contributed by atoms with Crippen molar-refractivity contribution in [2.24, 2.45) is 0 Å². The van der Waals surface area contributed by atoms with Crippen LogP contribution in [-0.2, 0) is 6.42 Å². The molecular formula is C17H17FN2O2. The molecule has 0 saturated heterocycles. The van der Waals surface area contributed by atoms with Crippen molar-refractivity contribution in [3.8, 4) is 5.75 Å². The van der Waals surface area contributed by atoms with Crippen LogP contribution < -0.4 is 9.64 Å². The summed E-state index contributed by atoms with van der Waals surface area (Å²) in [4.78, 5) is 18.1. The monoisotopic (exact) mass is 300 g/mol. The molecule has 0 N–H and O–H groups in total. The van der Waals surface area contributed by atoms with E-state index in [0.29, 0.717) is 6.54 Å². The number of anilines is 1. The molecule has 4 nitrogen and oxygen atoms in total. The molecule has 1 aliphatic heterocycles. The molecule has 0 atom stereocenters. The number of ether oxygens (including phenoxy) is 1. The van der Waals surface area contributed by atoms with Crippen molar-refractivity contribution in [2.45, 2.75) is 19.3 Å². The van der Waals surface area contributed by atoms with E-state index in [1.807, 2.05) is 18.2 Å². The van der Waals surface area contributed by atoms with Gasteiger partial charge in [0.25, 0.3) is 5.91 Å². The number of methoxy groups -OCH3 is 1. The van der Waals surface area contributed by atoms with Gasteiger partial charge in [-0.3, -0.25) is 9.78 Å². The maximum absolute atomic E-state index is 13.9. The zero-order valence-electron chi connectivity index (χ0n) is 12.4. The third-order valence-corrected chi connectivity index (χ3v) is 3.93. The molecule has 2 heterocycles. The fourth-order valence-corrected chi connectivity index (χ4v) is 2.85. The second-order valence-corrected chi connectivity index (χ2v) is 5.23. The summed E-state index contributed by atoms with van der Waals surface area (Å²) >= 11 is 0. The summed E-state index contributed by atoms with van der Waals surface area (Å²) in [5, 5.41) is 0. The van der Waals surface area contributed by atoms with Gasteiger partial charge in [0.2, 0.25) is 0 Å². The highest BCUT2D eigenvalue weighted by molar-refractivity contribution is 6.06. The summed E-state index contributed by atoms with van der Waals surface area (Å²) in [6.45, 7) is 0.570. The first-order chi connectivity index (χ1) is 10.7. The van der Waals surface area contributed by atoms with Crippen LogP contribution in [-0.4, -0.2) is 24.5 Å². The fraction of sp³-hybridized carbons (Fsp3) is 0.294. The van der Waals surface area contributed by atoms with Crippen LogP contribution in [0.15, 0.2) is 36.7 Å². The molecule has 0 spiro atoms. The van der Waals surface area contributed by atoms with Gasteiger partial charge in [-0.15, -0.1) is 0 Å². The Bertz CT molecular complexity index is 703. The van der Waals surface area contributed by atoms with Crippen LogP contribution in [0.1, 0.15) is 28.8 Å². The molecule has 0 bridgehead atoms. The summed E-state index contributed by atoms with van der Waals surface area (Å²) in [5.41, 5.74) is 1.86. The van der Waals surface area contributed by atoms with Gasteiger partial charge in [0.1, 0.15) is 5.75 Å². The number of carbonyl (C=O) groups excluding carboxylic acids is 1. The summed E-state index contributed by atoms with van der Waals surface area (Å²) in [6.07, 6.45) is 5.19. The highest BCUT2D eigenvalue weighted by Crippen LogP contribution is 2.34. The number of fused-ring (bicyclic) bond motifs is 1. The van der Waals surface area contributed by atoms with Gasteiger partial charge in [-0.1, -0.05) is 6.07 Å². The summed E-state index contributed by atoms with van der Waals surface area (Å²) < 4.78 is 19.3. The van der Waals surface area contributed by atoms with E-state index >= 15 is 0 Å². The Morgan fingerprint density at radius 1 is 1.32 bits per heavy atom. The standard InChI is InChI=1S/C17H17FN2O2/c1-22-16-7-4-6-15-13(16)5-2-3-10-20(15)17(21)12-8-9-19-11-14(12)18/h4,6-9,11H,2-3,5,10H2,1H3. The Morgan fingerprint density at radius 2 is 2.18 bits per heavy atom. The van der Waals surface area contributed by atoms with Crippen molar-refractivity contribution in [2.75, 3.05) is 18.6 Å². The predicted octanol–water partition coefficient (Wildman–Crippen LogP) is 3.21. The number of aromatic nitrogens is 1. The molecule has 0 fully saturated rings. The third-order valence-electron chi connectivity index (χ3n) is 3.93. The number of rotatable bonds is 2. The highest BCUT2D eigenvalue weighted by Gasteiger charge is 2.25. The molecule has 22 heavy (non-hydrogen) atoms. The Morgan fingerprint density at radius 3 is 2.95 bits per heavy atom. The number of amides is 1. The third kappa shape index (κ3) is 2.54. The van der Waals surface area contributed by atoms with Crippen molar-refractivity contribution in [3.63, 3.8) is 0 Å². The number of carbonyl (C=O) groups is 1. The SMILES string of the molecule is COc1cccc2c1CCCCN2C(=O)c1ccncc1F. The van der Waals surface area contributed by atoms with Gasteiger partial charge >= 0.3 is 0 Å². The molecular weight excluding hydrogens is 283 g/mol. The van der Waals surface area contributed by atoms with Gasteiger partial charge in [-0.05, 0) is 37.5 Å². The van der Waals surface area contributed by atoms with Gasteiger partial charge in [0, 0.05) is 18.3 Å². The molecule has 1 aromatic heterocycles. The Kier molecular flexibility index (Phi) is 4.04. The van der Waals surface area contributed by atoms with E-state index in [0.717, 1.165) is 42.5 Å². The first-order valence-corrected chi connectivity index (χ1v) is 7.29. The molecule has 114 valence electrons. The van der Waals surface area contributed by atoms with Crippen molar-refractivity contribution in [1.29, 1.82) is 0 Å². The minimum absolute atomic E-state index is 0.0469. The first kappa shape index (κ1) is 14.5. The molecule has 1 amide bonds. The second-order valence-electron chi connectivity index (χ2n) is 5.23. The molecule has 1 aromatic carbocycles. The Hall–Kier alpha value is -2.43. The van der Waals surface area contributed by atoms with Crippen molar-refractivity contribution >= 4 is 11.6 Å². The number of hydrogen-bond donors (Lipinski definition) is 0. The summed E-state index contributed by atoms with van der Waals surface area (Å²) in [5.74, 6) is -0.162. The highest BCUT2D eigenvalue weighted by atomic mass is 19.1. The van der Waals surface area contributed by atoms with Crippen LogP contribution >= 0.6 is 0 Å². The fourth-order valence-electron chi connectivity index (χ4n) is 2.85. The zero-order chi connectivity index (χ0) is 15.5. The van der Waals surface area contributed by atoms with Gasteiger partial charge in [0.15, 0.2) is 5.82 Å². The molecule has 2 aromatic rings. The average molecular weight is 300 g/mol. The van der Waals surface area contributed by atoms with Crippen molar-refractivity contribution in [1.82, 2.24) is 4.98 Å². The Labute approximate surface area is 128 Å². The minimum atomic E-state index is -0.596. The largest absolute Gasteiger partial charge is 0.496 e. The van der Waals surface area contributed by atoms with Crippen LogP contribution in [0.3, 0.4) is 0 Å². The quantitative estimate of drug-likeness (QED) is 0.855. The molecule has 3 rings (SSSR count). The molecule has 0 aliphatic carbocycles. The second kappa shape index (κ2) is 6.13. The van der Waals surface area contributed by atoms with E-state index < -0.39 is 5.82 Å². The van der Waals surface area contributed by atoms with Gasteiger partial charge in [-0.25, -0.2) is 4.39 Å². The van der Waals surface area contributed by atoms with E-state index in [1.54, 1.807) is 12.0 Å². The number of benzene rings is 1. The van der Waals surface area contributed by atoms with Crippen LogP contribution in [0.5, 0.6) is 5.75 Å². The van der Waals surface area contributed by atoms with Crippen molar-refractivity contribution in [3.05, 3.63) is 53.6 Å². The first-order valence-electron chi connectivity index (χ1n) is 7.29. The maximum atomic E-state index is 13.9. The lowest BCUT2D eigenvalue weighted by Gasteiger charge is -2.24. The minimum Gasteiger partial charge on any atom is -0.496 e. The molecule has 0 unspecified atom stereocenters. The molecule has 1 aliphatic rings. The summed E-state index contributed by atoms with van der Waals surface area (Å²) in [7, 11) is 1.62. The van der Waals surface area contributed by atoms with E-state index in [4.69, 9.17) is 4.74 Å². The van der Waals surface area contributed by atoms with Crippen molar-refractivity contribution < 1.29 is 13.9 Å². The summed E-state index contributed by atoms with van der Waals surface area (Å²) in [6, 6.07) is 7.05. The average Bonchev–Trinajstić information content (AvgIpc) is 2.77. The molecule has 5 heteroatoms. The smallest absolute Gasteiger partial charge is 0.261 e. The van der Waals surface area contributed by atoms with E-state index in [9.17, 15) is 9.18 Å². The molecule has 0 saturated carbocycles. The maximum Gasteiger partial charge on any atom is 0.261 e. The predicted molar refractivity (Wildman–Crippen MR) is 81.8 cm³/mol. The lowest BCUT2D eigenvalue weighted by atomic mass is 10.1. The topological polar surface area (TPSA) is 42.4 Å². The van der Waals surface area contributed by atoms with E-state index in [-0.39, 0.29) is 11.5 Å². The van der Waals surface area contributed by atoms with E-state index in [1.165, 1.54) is 12.3 Å². The number of hydrogen-bond acceptors (Lipinski definition) is 3. The van der Waals surface area contributed by atoms with Crippen LogP contribution in [0.2, 0.25) is 0 Å². The van der Waals surface area contributed by atoms with E-state index in [2.05, 4.69) is 4.98 Å².